The molecule has 3 N–H and O–H groups in total. The predicted octanol–water partition coefficient (Wildman–Crippen LogP) is 1.12. The SMILES string of the molecule is O=C(O)CN1CCN(CCCCCCCCCS)CCN(CC(=O)O)CCN(CC(=O)O)CC1. The molecule has 1 aliphatic heterocycles. The van der Waals surface area contributed by atoms with E-state index in [0.29, 0.717) is 52.4 Å². The number of carboxylic acid groups (broad SMARTS) is 3. The predicted molar refractivity (Wildman–Crippen MR) is 135 cm³/mol. The summed E-state index contributed by atoms with van der Waals surface area (Å²) in [5.41, 5.74) is 0. The average molecular weight is 505 g/mol. The van der Waals surface area contributed by atoms with Gasteiger partial charge in [0, 0.05) is 52.4 Å². The van der Waals surface area contributed by atoms with Crippen LogP contribution in [0.3, 0.4) is 0 Å². The Morgan fingerprint density at radius 2 is 0.794 bits per heavy atom. The summed E-state index contributed by atoms with van der Waals surface area (Å²) in [7, 11) is 0. The summed E-state index contributed by atoms with van der Waals surface area (Å²) in [6.45, 7) is 4.93. The zero-order chi connectivity index (χ0) is 25.2. The number of hydrogen-bond donors (Lipinski definition) is 4. The second kappa shape index (κ2) is 18.9. The van der Waals surface area contributed by atoms with Gasteiger partial charge in [-0.3, -0.25) is 29.1 Å². The van der Waals surface area contributed by atoms with E-state index in [2.05, 4.69) is 17.5 Å². The molecule has 198 valence electrons. The van der Waals surface area contributed by atoms with Gasteiger partial charge in [-0.25, -0.2) is 0 Å². The van der Waals surface area contributed by atoms with Crippen LogP contribution < -0.4 is 0 Å². The van der Waals surface area contributed by atoms with Gasteiger partial charge in [-0.1, -0.05) is 32.1 Å². The minimum atomic E-state index is -0.949. The molecular weight excluding hydrogens is 460 g/mol. The van der Waals surface area contributed by atoms with Crippen molar-refractivity contribution in [3.8, 4) is 0 Å². The number of thiol groups is 1. The highest BCUT2D eigenvalue weighted by Gasteiger charge is 2.19. The smallest absolute Gasteiger partial charge is 0.317 e. The van der Waals surface area contributed by atoms with Crippen LogP contribution in [0.4, 0.5) is 0 Å². The van der Waals surface area contributed by atoms with Gasteiger partial charge in [0.2, 0.25) is 0 Å². The molecule has 0 atom stereocenters. The standard InChI is InChI=1S/C23H44N4O6S/c28-21(29)18-25-11-9-24(8-6-4-2-1-3-5-7-17-34)10-12-26(19-22(30)31)14-16-27(15-13-25)20-23(32)33/h34H,1-20H2,(H,28,29)(H,30,31)(H,32,33). The molecule has 11 heteroatoms. The number of unbranched alkanes of at least 4 members (excludes halogenated alkanes) is 6. The fourth-order valence-corrected chi connectivity index (χ4v) is 4.41. The van der Waals surface area contributed by atoms with E-state index >= 15 is 0 Å². The quantitative estimate of drug-likeness (QED) is 0.190. The van der Waals surface area contributed by atoms with E-state index in [9.17, 15) is 29.7 Å². The fraction of sp³-hybridized carbons (Fsp3) is 0.870. The number of hydrogen-bond acceptors (Lipinski definition) is 8. The second-order valence-corrected chi connectivity index (χ2v) is 9.50. The fourth-order valence-electron chi connectivity index (χ4n) is 4.18. The molecule has 0 aromatic heterocycles. The molecule has 0 spiro atoms. The van der Waals surface area contributed by atoms with Crippen molar-refractivity contribution in [2.24, 2.45) is 0 Å². The Kier molecular flexibility index (Phi) is 17.0. The van der Waals surface area contributed by atoms with Crippen molar-refractivity contribution in [3.63, 3.8) is 0 Å². The molecular formula is C23H44N4O6S. The molecule has 0 amide bonds. The molecule has 1 aliphatic rings. The van der Waals surface area contributed by atoms with Crippen LogP contribution in [0, 0.1) is 0 Å². The van der Waals surface area contributed by atoms with Crippen LogP contribution in [0.2, 0.25) is 0 Å². The van der Waals surface area contributed by atoms with Crippen molar-refractivity contribution < 1.29 is 29.7 Å². The summed E-state index contributed by atoms with van der Waals surface area (Å²) in [5.74, 6) is -1.79. The molecule has 0 aromatic rings. The van der Waals surface area contributed by atoms with Crippen molar-refractivity contribution in [1.82, 2.24) is 19.6 Å². The van der Waals surface area contributed by atoms with Crippen LogP contribution in [0.25, 0.3) is 0 Å². The van der Waals surface area contributed by atoms with Crippen molar-refractivity contribution in [2.45, 2.75) is 44.9 Å². The number of carbonyl (C=O) groups is 3. The highest BCUT2D eigenvalue weighted by atomic mass is 32.1. The minimum Gasteiger partial charge on any atom is -0.480 e. The van der Waals surface area contributed by atoms with Crippen LogP contribution in [0.1, 0.15) is 44.9 Å². The van der Waals surface area contributed by atoms with Crippen molar-refractivity contribution in [3.05, 3.63) is 0 Å². The Balaban J connectivity index is 2.69. The van der Waals surface area contributed by atoms with Crippen LogP contribution in [-0.2, 0) is 14.4 Å². The first-order valence-corrected chi connectivity index (χ1v) is 13.1. The number of rotatable bonds is 15. The first kappa shape index (κ1) is 30.6. The van der Waals surface area contributed by atoms with Gasteiger partial charge in [0.1, 0.15) is 0 Å². The first-order valence-electron chi connectivity index (χ1n) is 12.5. The zero-order valence-corrected chi connectivity index (χ0v) is 21.3. The van der Waals surface area contributed by atoms with Gasteiger partial charge in [0.05, 0.1) is 19.6 Å². The molecule has 0 aromatic carbocycles. The first-order chi connectivity index (χ1) is 16.3. The van der Waals surface area contributed by atoms with Crippen molar-refractivity contribution in [1.29, 1.82) is 0 Å². The lowest BCUT2D eigenvalue weighted by Gasteiger charge is -2.33. The molecule has 0 saturated carbocycles. The van der Waals surface area contributed by atoms with Gasteiger partial charge in [-0.15, -0.1) is 0 Å². The molecule has 1 fully saturated rings. The Hall–Kier alpha value is -1.40. The van der Waals surface area contributed by atoms with Gasteiger partial charge >= 0.3 is 17.9 Å². The molecule has 0 radical (unpaired) electrons. The Bertz CT molecular complexity index is 566. The van der Waals surface area contributed by atoms with Gasteiger partial charge in [-0.05, 0) is 25.1 Å². The average Bonchev–Trinajstić information content (AvgIpc) is 2.75. The normalized spacial score (nSPS) is 18.3. The highest BCUT2D eigenvalue weighted by Crippen LogP contribution is 2.09. The number of nitrogens with zero attached hydrogens (tertiary/aromatic N) is 4. The molecule has 34 heavy (non-hydrogen) atoms. The lowest BCUT2D eigenvalue weighted by Crippen LogP contribution is -2.48. The van der Waals surface area contributed by atoms with Gasteiger partial charge < -0.3 is 20.2 Å². The van der Waals surface area contributed by atoms with Gasteiger partial charge in [0.15, 0.2) is 0 Å². The number of carboxylic acids is 3. The Morgan fingerprint density at radius 3 is 1.12 bits per heavy atom. The second-order valence-electron chi connectivity index (χ2n) is 9.05. The molecule has 0 bridgehead atoms. The van der Waals surface area contributed by atoms with Crippen LogP contribution >= 0.6 is 12.6 Å². The minimum absolute atomic E-state index is 0.0772. The van der Waals surface area contributed by atoms with Crippen molar-refractivity contribution >= 4 is 30.5 Å². The number of aliphatic carboxylic acids is 3. The maximum Gasteiger partial charge on any atom is 0.317 e. The van der Waals surface area contributed by atoms with E-state index in [1.54, 1.807) is 4.90 Å². The summed E-state index contributed by atoms with van der Waals surface area (Å²) >= 11 is 4.24. The summed E-state index contributed by atoms with van der Waals surface area (Å²) in [5, 5.41) is 27.8. The molecule has 1 saturated heterocycles. The largest absolute Gasteiger partial charge is 0.480 e. The van der Waals surface area contributed by atoms with Crippen LogP contribution in [0.5, 0.6) is 0 Å². The third kappa shape index (κ3) is 16.3. The lowest BCUT2D eigenvalue weighted by atomic mass is 10.1. The summed E-state index contributed by atoms with van der Waals surface area (Å²) < 4.78 is 0. The van der Waals surface area contributed by atoms with Crippen LogP contribution in [-0.4, -0.2) is 137 Å². The molecule has 1 rings (SSSR count). The maximum atomic E-state index is 11.3. The van der Waals surface area contributed by atoms with E-state index < -0.39 is 17.9 Å². The van der Waals surface area contributed by atoms with Crippen LogP contribution in [0.15, 0.2) is 0 Å². The van der Waals surface area contributed by atoms with E-state index in [1.807, 2.05) is 9.80 Å². The van der Waals surface area contributed by atoms with Crippen molar-refractivity contribution in [2.75, 3.05) is 84.3 Å². The summed E-state index contributed by atoms with van der Waals surface area (Å²) in [6.07, 6.45) is 8.31. The lowest BCUT2D eigenvalue weighted by molar-refractivity contribution is -0.140. The van der Waals surface area contributed by atoms with Gasteiger partial charge in [0.25, 0.3) is 0 Å². The molecule has 0 unspecified atom stereocenters. The summed E-state index contributed by atoms with van der Waals surface area (Å²) in [4.78, 5) is 41.7. The third-order valence-electron chi connectivity index (χ3n) is 6.14. The third-order valence-corrected chi connectivity index (χ3v) is 6.46. The van der Waals surface area contributed by atoms with E-state index in [-0.39, 0.29) is 19.6 Å². The van der Waals surface area contributed by atoms with E-state index in [0.717, 1.165) is 25.1 Å². The Labute approximate surface area is 209 Å². The highest BCUT2D eigenvalue weighted by molar-refractivity contribution is 7.80. The Morgan fingerprint density at radius 1 is 0.500 bits per heavy atom. The van der Waals surface area contributed by atoms with E-state index in [4.69, 9.17) is 0 Å². The molecule has 0 aliphatic carbocycles. The summed E-state index contributed by atoms with van der Waals surface area (Å²) in [6, 6.07) is 0. The maximum absolute atomic E-state index is 11.3. The molecule has 1 heterocycles. The van der Waals surface area contributed by atoms with Gasteiger partial charge in [-0.2, -0.15) is 12.6 Å². The molecule has 10 nitrogen and oxygen atoms in total. The topological polar surface area (TPSA) is 125 Å². The van der Waals surface area contributed by atoms with E-state index in [1.165, 1.54) is 32.1 Å². The monoisotopic (exact) mass is 504 g/mol. The zero-order valence-electron chi connectivity index (χ0n) is 20.4.